The lowest BCUT2D eigenvalue weighted by Gasteiger charge is -2.08. The molecule has 144 valence electrons. The summed E-state index contributed by atoms with van der Waals surface area (Å²) in [5, 5.41) is 3.37. The minimum atomic E-state index is -0.640. The van der Waals surface area contributed by atoms with Gasteiger partial charge in [-0.3, -0.25) is 4.79 Å². The predicted molar refractivity (Wildman–Crippen MR) is 105 cm³/mol. The second-order valence-electron chi connectivity index (χ2n) is 5.28. The van der Waals surface area contributed by atoms with Gasteiger partial charge in [0.1, 0.15) is 9.88 Å². The topological polar surface area (TPSA) is 81.7 Å². The van der Waals surface area contributed by atoms with Crippen molar-refractivity contribution in [2.24, 2.45) is 0 Å². The Labute approximate surface area is 170 Å². The third-order valence-corrected chi connectivity index (χ3v) is 5.23. The molecule has 0 saturated heterocycles. The van der Waals surface area contributed by atoms with E-state index in [0.717, 1.165) is 11.3 Å². The number of carbonyl (C=O) groups excluding carboxylic acids is 3. The monoisotopic (exact) mass is 429 g/mol. The highest BCUT2D eigenvalue weighted by molar-refractivity contribution is 7.18. The molecule has 1 aromatic carbocycles. The summed E-state index contributed by atoms with van der Waals surface area (Å²) < 4.78 is 10.1. The van der Waals surface area contributed by atoms with Gasteiger partial charge >= 0.3 is 11.9 Å². The largest absolute Gasteiger partial charge is 0.462 e. The smallest absolute Gasteiger partial charge is 0.348 e. The summed E-state index contributed by atoms with van der Waals surface area (Å²) in [5.41, 5.74) is 0.678. The predicted octanol–water partition coefficient (Wildman–Crippen LogP) is 4.97. The van der Waals surface area contributed by atoms with Crippen molar-refractivity contribution in [3.63, 3.8) is 0 Å². The Kier molecular flexibility index (Phi) is 7.24. The summed E-state index contributed by atoms with van der Waals surface area (Å²) in [6, 6.07) is 4.43. The first kappa shape index (κ1) is 21.2. The van der Waals surface area contributed by atoms with Gasteiger partial charge in [-0.25, -0.2) is 9.59 Å². The van der Waals surface area contributed by atoms with Crippen LogP contribution in [0.2, 0.25) is 10.0 Å². The van der Waals surface area contributed by atoms with Crippen LogP contribution in [0.3, 0.4) is 0 Å². The lowest BCUT2D eigenvalue weighted by molar-refractivity contribution is 0.0527. The minimum Gasteiger partial charge on any atom is -0.462 e. The number of anilines is 1. The molecule has 0 aliphatic rings. The molecular formula is C18H17Cl2NO5S. The Morgan fingerprint density at radius 2 is 1.70 bits per heavy atom. The van der Waals surface area contributed by atoms with E-state index < -0.39 is 17.8 Å². The van der Waals surface area contributed by atoms with E-state index >= 15 is 0 Å². The van der Waals surface area contributed by atoms with Crippen molar-refractivity contribution in [2.45, 2.75) is 20.8 Å². The molecule has 1 heterocycles. The number of amides is 1. The maximum atomic E-state index is 12.6. The summed E-state index contributed by atoms with van der Waals surface area (Å²) in [5.74, 6) is -1.76. The summed E-state index contributed by atoms with van der Waals surface area (Å²) in [6.07, 6.45) is 0. The Hall–Kier alpha value is -2.09. The lowest BCUT2D eigenvalue weighted by Crippen LogP contribution is -2.15. The van der Waals surface area contributed by atoms with E-state index in [0.29, 0.717) is 10.6 Å². The number of halogens is 2. The molecule has 0 unspecified atom stereocenters. The van der Waals surface area contributed by atoms with Gasteiger partial charge in [-0.2, -0.15) is 0 Å². The molecular weight excluding hydrogens is 413 g/mol. The number of carbonyl (C=O) groups is 3. The van der Waals surface area contributed by atoms with Gasteiger partial charge in [0.15, 0.2) is 0 Å². The van der Waals surface area contributed by atoms with Crippen LogP contribution in [0.15, 0.2) is 18.2 Å². The number of benzene rings is 1. The van der Waals surface area contributed by atoms with Crippen LogP contribution in [-0.4, -0.2) is 31.1 Å². The number of hydrogen-bond donors (Lipinski definition) is 1. The summed E-state index contributed by atoms with van der Waals surface area (Å²) in [4.78, 5) is 37.3. The van der Waals surface area contributed by atoms with Gasteiger partial charge in [0.2, 0.25) is 0 Å². The van der Waals surface area contributed by atoms with Crippen LogP contribution in [0.1, 0.15) is 49.8 Å². The third-order valence-electron chi connectivity index (χ3n) is 3.49. The number of esters is 2. The highest BCUT2D eigenvalue weighted by atomic mass is 35.5. The number of nitrogens with one attached hydrogen (secondary N) is 1. The molecule has 0 saturated carbocycles. The highest BCUT2D eigenvalue weighted by Gasteiger charge is 2.27. The van der Waals surface area contributed by atoms with Gasteiger partial charge in [0, 0.05) is 5.02 Å². The molecule has 0 radical (unpaired) electrons. The lowest BCUT2D eigenvalue weighted by atomic mass is 10.1. The summed E-state index contributed by atoms with van der Waals surface area (Å²) >= 11 is 12.9. The zero-order valence-corrected chi connectivity index (χ0v) is 17.2. The summed E-state index contributed by atoms with van der Waals surface area (Å²) in [6.45, 7) is 5.28. The first-order valence-corrected chi connectivity index (χ1v) is 9.61. The molecule has 0 spiro atoms. The van der Waals surface area contributed by atoms with Crippen molar-refractivity contribution < 1.29 is 23.9 Å². The second kappa shape index (κ2) is 9.21. The standard InChI is InChI=1S/C18H17Cl2NO5S/c1-4-25-17(23)13-9(3)14(18(24)26-5-2)27-16(13)21-15(22)11-7-6-10(19)8-12(11)20/h6-8H,4-5H2,1-3H3,(H,21,22). The van der Waals surface area contributed by atoms with Crippen LogP contribution in [0.4, 0.5) is 5.00 Å². The van der Waals surface area contributed by atoms with Gasteiger partial charge in [0.05, 0.1) is 29.4 Å². The Balaban J connectivity index is 2.44. The minimum absolute atomic E-state index is 0.114. The molecule has 0 aliphatic heterocycles. The zero-order valence-electron chi connectivity index (χ0n) is 14.9. The molecule has 1 amide bonds. The van der Waals surface area contributed by atoms with E-state index in [1.165, 1.54) is 18.2 Å². The number of thiophene rings is 1. The van der Waals surface area contributed by atoms with Crippen molar-refractivity contribution in [3.05, 3.63) is 49.8 Å². The van der Waals surface area contributed by atoms with Crippen molar-refractivity contribution in [1.82, 2.24) is 0 Å². The molecule has 9 heteroatoms. The van der Waals surface area contributed by atoms with Crippen molar-refractivity contribution in [3.8, 4) is 0 Å². The van der Waals surface area contributed by atoms with Crippen molar-refractivity contribution in [1.29, 1.82) is 0 Å². The molecule has 2 rings (SSSR count). The first-order chi connectivity index (χ1) is 12.8. The van der Waals surface area contributed by atoms with E-state index in [1.54, 1.807) is 20.8 Å². The average Bonchev–Trinajstić information content (AvgIpc) is 2.91. The molecule has 0 aliphatic carbocycles. The quantitative estimate of drug-likeness (QED) is 0.655. The van der Waals surface area contributed by atoms with Gasteiger partial charge in [-0.05, 0) is 44.5 Å². The van der Waals surface area contributed by atoms with Crippen LogP contribution in [0.5, 0.6) is 0 Å². The fourth-order valence-electron chi connectivity index (χ4n) is 2.29. The number of hydrogen-bond acceptors (Lipinski definition) is 6. The van der Waals surface area contributed by atoms with Gasteiger partial charge in [-0.1, -0.05) is 23.2 Å². The maximum Gasteiger partial charge on any atom is 0.348 e. The van der Waals surface area contributed by atoms with Crippen LogP contribution in [0, 0.1) is 6.92 Å². The van der Waals surface area contributed by atoms with E-state index in [1.807, 2.05) is 0 Å². The molecule has 0 bridgehead atoms. The molecule has 2 aromatic rings. The number of ether oxygens (including phenoxy) is 2. The second-order valence-corrected chi connectivity index (χ2v) is 7.14. The molecule has 27 heavy (non-hydrogen) atoms. The van der Waals surface area contributed by atoms with Crippen molar-refractivity contribution >= 4 is 57.4 Å². The first-order valence-electron chi connectivity index (χ1n) is 8.04. The fraction of sp³-hybridized carbons (Fsp3) is 0.278. The molecule has 6 nitrogen and oxygen atoms in total. The maximum absolute atomic E-state index is 12.6. The van der Waals surface area contributed by atoms with Crippen LogP contribution < -0.4 is 5.32 Å². The van der Waals surface area contributed by atoms with E-state index in [4.69, 9.17) is 32.7 Å². The Morgan fingerprint density at radius 3 is 2.30 bits per heavy atom. The van der Waals surface area contributed by atoms with E-state index in [-0.39, 0.29) is 39.2 Å². The van der Waals surface area contributed by atoms with Crippen LogP contribution in [0.25, 0.3) is 0 Å². The van der Waals surface area contributed by atoms with Crippen LogP contribution in [-0.2, 0) is 9.47 Å². The molecule has 1 aromatic heterocycles. The fourth-order valence-corrected chi connectivity index (χ4v) is 3.86. The van der Waals surface area contributed by atoms with Gasteiger partial charge in [-0.15, -0.1) is 11.3 Å². The average molecular weight is 430 g/mol. The van der Waals surface area contributed by atoms with Crippen LogP contribution >= 0.6 is 34.5 Å². The van der Waals surface area contributed by atoms with Gasteiger partial charge < -0.3 is 14.8 Å². The van der Waals surface area contributed by atoms with E-state index in [9.17, 15) is 14.4 Å². The zero-order chi connectivity index (χ0) is 20.1. The Bertz CT molecular complexity index is 894. The van der Waals surface area contributed by atoms with Gasteiger partial charge in [0.25, 0.3) is 5.91 Å². The third kappa shape index (κ3) is 4.80. The molecule has 1 N–H and O–H groups in total. The SMILES string of the molecule is CCOC(=O)c1sc(NC(=O)c2ccc(Cl)cc2Cl)c(C(=O)OCC)c1C. The normalized spacial score (nSPS) is 10.4. The molecule has 0 atom stereocenters. The highest BCUT2D eigenvalue weighted by Crippen LogP contribution is 2.35. The van der Waals surface area contributed by atoms with E-state index in [2.05, 4.69) is 5.32 Å². The molecule has 0 fully saturated rings. The number of rotatable bonds is 6. The summed E-state index contributed by atoms with van der Waals surface area (Å²) in [7, 11) is 0. The Morgan fingerprint density at radius 1 is 1.07 bits per heavy atom. The van der Waals surface area contributed by atoms with Crippen molar-refractivity contribution in [2.75, 3.05) is 18.5 Å².